The van der Waals surface area contributed by atoms with Crippen LogP contribution in [-0.4, -0.2) is 50.7 Å². The van der Waals surface area contributed by atoms with Crippen LogP contribution < -0.4 is 5.32 Å². The second-order valence-corrected chi connectivity index (χ2v) is 4.29. The standard InChI is InChI=1S/C11H22N2O2/c1-4-10-9(5-6-15-10)7-12-8-11(14)13(2)3/h9-10,12H,4-8H2,1-3H3. The van der Waals surface area contributed by atoms with Crippen LogP contribution >= 0.6 is 0 Å². The van der Waals surface area contributed by atoms with E-state index in [2.05, 4.69) is 12.2 Å². The lowest BCUT2D eigenvalue weighted by atomic mass is 10.00. The van der Waals surface area contributed by atoms with Crippen molar-refractivity contribution in [3.63, 3.8) is 0 Å². The molecule has 4 heteroatoms. The summed E-state index contributed by atoms with van der Waals surface area (Å²) in [5, 5.41) is 3.20. The Kier molecular flexibility index (Phi) is 5.05. The predicted octanol–water partition coefficient (Wildman–Crippen LogP) is 0.479. The van der Waals surface area contributed by atoms with E-state index in [1.807, 2.05) is 0 Å². The van der Waals surface area contributed by atoms with Gasteiger partial charge in [0, 0.05) is 27.2 Å². The topological polar surface area (TPSA) is 41.6 Å². The minimum Gasteiger partial charge on any atom is -0.378 e. The zero-order chi connectivity index (χ0) is 11.3. The molecule has 1 saturated heterocycles. The van der Waals surface area contributed by atoms with Gasteiger partial charge in [0.2, 0.25) is 5.91 Å². The van der Waals surface area contributed by atoms with Gasteiger partial charge in [-0.2, -0.15) is 0 Å². The normalized spacial score (nSPS) is 25.5. The number of hydrogen-bond acceptors (Lipinski definition) is 3. The van der Waals surface area contributed by atoms with Crippen LogP contribution in [-0.2, 0) is 9.53 Å². The number of carbonyl (C=O) groups is 1. The summed E-state index contributed by atoms with van der Waals surface area (Å²) in [7, 11) is 3.55. The van der Waals surface area contributed by atoms with Crippen molar-refractivity contribution in [3.05, 3.63) is 0 Å². The molecule has 0 aliphatic carbocycles. The van der Waals surface area contributed by atoms with Crippen LogP contribution in [0.15, 0.2) is 0 Å². The molecule has 0 bridgehead atoms. The van der Waals surface area contributed by atoms with Crippen molar-refractivity contribution in [2.45, 2.75) is 25.9 Å². The Balaban J connectivity index is 2.17. The summed E-state index contributed by atoms with van der Waals surface area (Å²) in [5.41, 5.74) is 0. The maximum absolute atomic E-state index is 11.3. The fraction of sp³-hybridized carbons (Fsp3) is 0.909. The highest BCUT2D eigenvalue weighted by Gasteiger charge is 2.26. The molecule has 0 radical (unpaired) electrons. The van der Waals surface area contributed by atoms with E-state index in [1.165, 1.54) is 0 Å². The van der Waals surface area contributed by atoms with E-state index in [0.717, 1.165) is 26.0 Å². The van der Waals surface area contributed by atoms with Crippen LogP contribution in [0.4, 0.5) is 0 Å². The van der Waals surface area contributed by atoms with Crippen LogP contribution in [0.25, 0.3) is 0 Å². The first-order chi connectivity index (χ1) is 7.15. The molecule has 0 aromatic rings. The third-order valence-electron chi connectivity index (χ3n) is 2.93. The zero-order valence-corrected chi connectivity index (χ0v) is 9.95. The van der Waals surface area contributed by atoms with Gasteiger partial charge in [0.05, 0.1) is 12.6 Å². The Morgan fingerprint density at radius 1 is 1.53 bits per heavy atom. The summed E-state index contributed by atoms with van der Waals surface area (Å²) in [6, 6.07) is 0. The van der Waals surface area contributed by atoms with Crippen molar-refractivity contribution in [2.75, 3.05) is 33.8 Å². The molecule has 2 unspecified atom stereocenters. The van der Waals surface area contributed by atoms with E-state index in [-0.39, 0.29) is 5.91 Å². The van der Waals surface area contributed by atoms with E-state index in [1.54, 1.807) is 19.0 Å². The van der Waals surface area contributed by atoms with Crippen molar-refractivity contribution < 1.29 is 9.53 Å². The van der Waals surface area contributed by atoms with Gasteiger partial charge in [-0.15, -0.1) is 0 Å². The fourth-order valence-corrected chi connectivity index (χ4v) is 1.90. The van der Waals surface area contributed by atoms with Crippen LogP contribution in [0.1, 0.15) is 19.8 Å². The molecule has 0 aromatic heterocycles. The van der Waals surface area contributed by atoms with Gasteiger partial charge in [-0.25, -0.2) is 0 Å². The SMILES string of the molecule is CCC1OCCC1CNCC(=O)N(C)C. The quantitative estimate of drug-likeness (QED) is 0.724. The highest BCUT2D eigenvalue weighted by Crippen LogP contribution is 2.22. The Morgan fingerprint density at radius 2 is 2.27 bits per heavy atom. The van der Waals surface area contributed by atoms with Gasteiger partial charge in [-0.05, 0) is 18.8 Å². The summed E-state index contributed by atoms with van der Waals surface area (Å²) < 4.78 is 5.58. The van der Waals surface area contributed by atoms with Crippen molar-refractivity contribution in [1.82, 2.24) is 10.2 Å². The smallest absolute Gasteiger partial charge is 0.236 e. The number of nitrogens with zero attached hydrogens (tertiary/aromatic N) is 1. The van der Waals surface area contributed by atoms with Gasteiger partial charge in [-0.1, -0.05) is 6.92 Å². The maximum Gasteiger partial charge on any atom is 0.236 e. The number of ether oxygens (including phenoxy) is 1. The second-order valence-electron chi connectivity index (χ2n) is 4.29. The average molecular weight is 214 g/mol. The highest BCUT2D eigenvalue weighted by molar-refractivity contribution is 5.77. The molecule has 4 nitrogen and oxygen atoms in total. The van der Waals surface area contributed by atoms with Gasteiger partial charge >= 0.3 is 0 Å². The third-order valence-corrected chi connectivity index (χ3v) is 2.93. The first-order valence-electron chi connectivity index (χ1n) is 5.67. The molecular weight excluding hydrogens is 192 g/mol. The van der Waals surface area contributed by atoms with Crippen LogP contribution in [0.3, 0.4) is 0 Å². The number of hydrogen-bond donors (Lipinski definition) is 1. The molecule has 88 valence electrons. The van der Waals surface area contributed by atoms with Crippen molar-refractivity contribution >= 4 is 5.91 Å². The van der Waals surface area contributed by atoms with E-state index >= 15 is 0 Å². The molecule has 1 aliphatic heterocycles. The first kappa shape index (κ1) is 12.5. The summed E-state index contributed by atoms with van der Waals surface area (Å²) in [6.07, 6.45) is 2.56. The van der Waals surface area contributed by atoms with Gasteiger partial charge in [0.25, 0.3) is 0 Å². The minimum absolute atomic E-state index is 0.127. The van der Waals surface area contributed by atoms with Gasteiger partial charge in [0.1, 0.15) is 0 Å². The number of nitrogens with one attached hydrogen (secondary N) is 1. The van der Waals surface area contributed by atoms with Gasteiger partial charge < -0.3 is 15.0 Å². The first-order valence-corrected chi connectivity index (χ1v) is 5.67. The molecular formula is C11H22N2O2. The average Bonchev–Trinajstić information content (AvgIpc) is 2.65. The summed E-state index contributed by atoms with van der Waals surface area (Å²) in [6.45, 7) is 4.33. The van der Waals surface area contributed by atoms with E-state index < -0.39 is 0 Å². The van der Waals surface area contributed by atoms with Crippen LogP contribution in [0.2, 0.25) is 0 Å². The molecule has 1 aliphatic rings. The summed E-state index contributed by atoms with van der Waals surface area (Å²) >= 11 is 0. The van der Waals surface area contributed by atoms with Crippen molar-refractivity contribution in [3.8, 4) is 0 Å². The van der Waals surface area contributed by atoms with Gasteiger partial charge in [0.15, 0.2) is 0 Å². The fourth-order valence-electron chi connectivity index (χ4n) is 1.90. The van der Waals surface area contributed by atoms with Crippen molar-refractivity contribution in [1.29, 1.82) is 0 Å². The number of likely N-dealkylation sites (N-methyl/N-ethyl adjacent to an activating group) is 1. The summed E-state index contributed by atoms with van der Waals surface area (Å²) in [5.74, 6) is 0.701. The third kappa shape index (κ3) is 3.80. The predicted molar refractivity (Wildman–Crippen MR) is 59.7 cm³/mol. The molecule has 2 atom stereocenters. The van der Waals surface area contributed by atoms with E-state index in [0.29, 0.717) is 18.6 Å². The molecule has 0 aromatic carbocycles. The number of amides is 1. The molecule has 15 heavy (non-hydrogen) atoms. The lowest BCUT2D eigenvalue weighted by Gasteiger charge is -2.18. The Bertz CT molecular complexity index is 207. The Labute approximate surface area is 92.0 Å². The lowest BCUT2D eigenvalue weighted by molar-refractivity contribution is -0.127. The Hall–Kier alpha value is -0.610. The number of rotatable bonds is 5. The Morgan fingerprint density at radius 3 is 2.87 bits per heavy atom. The molecule has 1 fully saturated rings. The molecule has 1 rings (SSSR count). The molecule has 0 spiro atoms. The monoisotopic (exact) mass is 214 g/mol. The largest absolute Gasteiger partial charge is 0.378 e. The molecule has 1 heterocycles. The molecule has 1 N–H and O–H groups in total. The number of carbonyl (C=O) groups excluding carboxylic acids is 1. The maximum atomic E-state index is 11.3. The van der Waals surface area contributed by atoms with Crippen LogP contribution in [0.5, 0.6) is 0 Å². The highest BCUT2D eigenvalue weighted by atomic mass is 16.5. The van der Waals surface area contributed by atoms with E-state index in [4.69, 9.17) is 4.74 Å². The molecule has 0 saturated carbocycles. The van der Waals surface area contributed by atoms with Crippen molar-refractivity contribution in [2.24, 2.45) is 5.92 Å². The molecule has 1 amide bonds. The minimum atomic E-state index is 0.127. The van der Waals surface area contributed by atoms with E-state index in [9.17, 15) is 4.79 Å². The lowest BCUT2D eigenvalue weighted by Crippen LogP contribution is -2.36. The second kappa shape index (κ2) is 6.08. The van der Waals surface area contributed by atoms with Gasteiger partial charge in [-0.3, -0.25) is 4.79 Å². The summed E-state index contributed by atoms with van der Waals surface area (Å²) in [4.78, 5) is 12.9. The zero-order valence-electron chi connectivity index (χ0n) is 9.95. The van der Waals surface area contributed by atoms with Crippen LogP contribution in [0, 0.1) is 5.92 Å².